The number of benzene rings is 2. The van der Waals surface area contributed by atoms with Crippen LogP contribution >= 0.6 is 11.6 Å². The van der Waals surface area contributed by atoms with Gasteiger partial charge in [0.1, 0.15) is 12.4 Å². The van der Waals surface area contributed by atoms with Crippen LogP contribution in [0.5, 0.6) is 11.5 Å². The molecule has 0 aliphatic heterocycles. The van der Waals surface area contributed by atoms with E-state index in [1.54, 1.807) is 30.3 Å². The van der Waals surface area contributed by atoms with Gasteiger partial charge in [-0.15, -0.1) is 0 Å². The van der Waals surface area contributed by atoms with Gasteiger partial charge in [-0.2, -0.15) is 0 Å². The van der Waals surface area contributed by atoms with Crippen LogP contribution in [0.2, 0.25) is 5.02 Å². The summed E-state index contributed by atoms with van der Waals surface area (Å²) in [4.78, 5) is 0. The molecule has 0 amide bonds. The molecule has 3 nitrogen and oxygen atoms in total. The van der Waals surface area contributed by atoms with Crippen molar-refractivity contribution >= 4 is 11.6 Å². The molecule has 5 heteroatoms. The van der Waals surface area contributed by atoms with Crippen LogP contribution in [0.1, 0.15) is 24.1 Å². The largest absolute Gasteiger partial charge is 0.494 e. The zero-order chi connectivity index (χ0) is 15.4. The molecule has 21 heavy (non-hydrogen) atoms. The zero-order valence-electron chi connectivity index (χ0n) is 11.9. The Bertz CT molecular complexity index is 632. The van der Waals surface area contributed by atoms with Crippen molar-refractivity contribution in [1.82, 2.24) is 0 Å². The number of methoxy groups -OCH3 is 1. The van der Waals surface area contributed by atoms with E-state index in [-0.39, 0.29) is 18.4 Å². The molecule has 0 saturated heterocycles. The van der Waals surface area contributed by atoms with Gasteiger partial charge in [0.25, 0.3) is 0 Å². The van der Waals surface area contributed by atoms with Crippen molar-refractivity contribution in [1.29, 1.82) is 0 Å². The predicted molar refractivity (Wildman–Crippen MR) is 81.3 cm³/mol. The maximum absolute atomic E-state index is 14.0. The molecule has 2 N–H and O–H groups in total. The zero-order valence-corrected chi connectivity index (χ0v) is 12.7. The van der Waals surface area contributed by atoms with E-state index in [9.17, 15) is 4.39 Å². The first-order valence-electron chi connectivity index (χ1n) is 6.52. The maximum Gasteiger partial charge on any atom is 0.171 e. The Balaban J connectivity index is 2.13. The minimum Gasteiger partial charge on any atom is -0.494 e. The topological polar surface area (TPSA) is 44.5 Å². The Kier molecular flexibility index (Phi) is 5.04. The summed E-state index contributed by atoms with van der Waals surface area (Å²) in [5.41, 5.74) is 7.11. The van der Waals surface area contributed by atoms with Gasteiger partial charge in [0.05, 0.1) is 12.1 Å². The second-order valence-electron chi connectivity index (χ2n) is 4.70. The van der Waals surface area contributed by atoms with Crippen LogP contribution in [-0.4, -0.2) is 7.11 Å². The molecular weight excluding hydrogens is 293 g/mol. The van der Waals surface area contributed by atoms with Gasteiger partial charge in [-0.25, -0.2) is 4.39 Å². The van der Waals surface area contributed by atoms with Gasteiger partial charge in [0, 0.05) is 11.6 Å². The highest BCUT2D eigenvalue weighted by Crippen LogP contribution is 2.29. The standard InChI is InChI=1S/C16H17ClFNO2/c1-10(19)11-6-7-14(13(17)8-11)21-9-12-4-3-5-15(20-2)16(12)18/h3-8,10H,9,19H2,1-2H3/t10-/m1/s1. The molecule has 2 rings (SSSR count). The molecule has 1 atom stereocenters. The van der Waals surface area contributed by atoms with Gasteiger partial charge in [-0.3, -0.25) is 0 Å². The third-order valence-corrected chi connectivity index (χ3v) is 3.42. The number of hydrogen-bond donors (Lipinski definition) is 1. The molecule has 0 aromatic heterocycles. The summed E-state index contributed by atoms with van der Waals surface area (Å²) in [6.45, 7) is 1.94. The van der Waals surface area contributed by atoms with Crippen molar-refractivity contribution in [3.05, 3.63) is 58.4 Å². The smallest absolute Gasteiger partial charge is 0.171 e. The number of ether oxygens (including phenoxy) is 2. The normalized spacial score (nSPS) is 12.0. The summed E-state index contributed by atoms with van der Waals surface area (Å²) in [5.74, 6) is 0.251. The van der Waals surface area contributed by atoms with Gasteiger partial charge >= 0.3 is 0 Å². The quantitative estimate of drug-likeness (QED) is 0.905. The molecule has 112 valence electrons. The number of nitrogens with two attached hydrogens (primary N) is 1. The summed E-state index contributed by atoms with van der Waals surface area (Å²) >= 11 is 6.14. The van der Waals surface area contributed by atoms with Gasteiger partial charge in [0.15, 0.2) is 11.6 Å². The molecule has 0 fully saturated rings. The molecule has 0 aliphatic carbocycles. The van der Waals surface area contributed by atoms with Crippen molar-refractivity contribution in [3.8, 4) is 11.5 Å². The van der Waals surface area contributed by atoms with Crippen LogP contribution in [0.15, 0.2) is 36.4 Å². The lowest BCUT2D eigenvalue weighted by Gasteiger charge is -2.12. The number of halogens is 2. The monoisotopic (exact) mass is 309 g/mol. The molecule has 0 saturated carbocycles. The molecule has 0 bridgehead atoms. The van der Waals surface area contributed by atoms with E-state index in [4.69, 9.17) is 26.8 Å². The Labute approximate surface area is 128 Å². The first-order valence-corrected chi connectivity index (χ1v) is 6.90. The fraction of sp³-hybridized carbons (Fsp3) is 0.250. The summed E-state index contributed by atoms with van der Waals surface area (Å²) < 4.78 is 24.5. The van der Waals surface area contributed by atoms with Gasteiger partial charge in [0.2, 0.25) is 0 Å². The highest BCUT2D eigenvalue weighted by Gasteiger charge is 2.10. The molecule has 2 aromatic carbocycles. The summed E-state index contributed by atoms with van der Waals surface area (Å²) in [7, 11) is 1.42. The SMILES string of the molecule is COc1cccc(COc2ccc([C@@H](C)N)cc2Cl)c1F. The molecule has 0 aliphatic rings. The van der Waals surface area contributed by atoms with Crippen molar-refractivity contribution < 1.29 is 13.9 Å². The van der Waals surface area contributed by atoms with Gasteiger partial charge in [-0.05, 0) is 30.7 Å². The van der Waals surface area contributed by atoms with Crippen molar-refractivity contribution in [2.24, 2.45) is 5.73 Å². The fourth-order valence-electron chi connectivity index (χ4n) is 1.90. The van der Waals surface area contributed by atoms with Crippen molar-refractivity contribution in [3.63, 3.8) is 0 Å². The molecule has 0 heterocycles. The Morgan fingerprint density at radius 2 is 2.00 bits per heavy atom. The van der Waals surface area contributed by atoms with E-state index < -0.39 is 5.82 Å². The highest BCUT2D eigenvalue weighted by atomic mass is 35.5. The summed E-state index contributed by atoms with van der Waals surface area (Å²) in [6.07, 6.45) is 0. The minimum absolute atomic E-state index is 0.0697. The van der Waals surface area contributed by atoms with Gasteiger partial charge < -0.3 is 15.2 Å². The lowest BCUT2D eigenvalue weighted by atomic mass is 10.1. The van der Waals surface area contributed by atoms with Gasteiger partial charge in [-0.1, -0.05) is 29.8 Å². The lowest BCUT2D eigenvalue weighted by Crippen LogP contribution is -2.05. The van der Waals surface area contributed by atoms with Crippen LogP contribution in [0.25, 0.3) is 0 Å². The van der Waals surface area contributed by atoms with E-state index in [1.165, 1.54) is 7.11 Å². The first-order chi connectivity index (χ1) is 10.0. The Hall–Kier alpha value is -1.78. The predicted octanol–water partition coefficient (Wildman–Crippen LogP) is 4.09. The highest BCUT2D eigenvalue weighted by molar-refractivity contribution is 6.32. The Morgan fingerprint density at radius 3 is 2.62 bits per heavy atom. The molecular formula is C16H17ClFNO2. The van der Waals surface area contributed by atoms with Crippen LogP contribution in [-0.2, 0) is 6.61 Å². The number of hydrogen-bond acceptors (Lipinski definition) is 3. The molecule has 0 spiro atoms. The molecule has 0 unspecified atom stereocenters. The maximum atomic E-state index is 14.0. The van der Waals surface area contributed by atoms with E-state index in [2.05, 4.69) is 0 Å². The van der Waals surface area contributed by atoms with E-state index in [0.29, 0.717) is 16.3 Å². The third kappa shape index (κ3) is 3.65. The van der Waals surface area contributed by atoms with Crippen LogP contribution in [0.3, 0.4) is 0 Å². The first kappa shape index (κ1) is 15.6. The average molecular weight is 310 g/mol. The lowest BCUT2D eigenvalue weighted by molar-refractivity contribution is 0.296. The van der Waals surface area contributed by atoms with E-state index in [0.717, 1.165) is 5.56 Å². The minimum atomic E-state index is -0.427. The van der Waals surface area contributed by atoms with Crippen LogP contribution in [0.4, 0.5) is 4.39 Å². The summed E-state index contributed by atoms with van der Waals surface area (Å²) in [6, 6.07) is 10.1. The van der Waals surface area contributed by atoms with Crippen molar-refractivity contribution in [2.75, 3.05) is 7.11 Å². The fourth-order valence-corrected chi connectivity index (χ4v) is 2.14. The average Bonchev–Trinajstić information content (AvgIpc) is 2.47. The molecule has 2 aromatic rings. The summed E-state index contributed by atoms with van der Waals surface area (Å²) in [5, 5.41) is 0.452. The van der Waals surface area contributed by atoms with E-state index >= 15 is 0 Å². The third-order valence-electron chi connectivity index (χ3n) is 3.13. The van der Waals surface area contributed by atoms with Crippen molar-refractivity contribution in [2.45, 2.75) is 19.6 Å². The number of rotatable bonds is 5. The second-order valence-corrected chi connectivity index (χ2v) is 5.11. The van der Waals surface area contributed by atoms with Crippen LogP contribution < -0.4 is 15.2 Å². The second kappa shape index (κ2) is 6.78. The van der Waals surface area contributed by atoms with Crippen LogP contribution in [0, 0.1) is 5.82 Å². The van der Waals surface area contributed by atoms with E-state index in [1.807, 2.05) is 13.0 Å². The molecule has 0 radical (unpaired) electrons. The Morgan fingerprint density at radius 1 is 1.24 bits per heavy atom.